The van der Waals surface area contributed by atoms with Gasteiger partial charge in [-0.05, 0) is 70.9 Å². The van der Waals surface area contributed by atoms with Crippen LogP contribution in [0.2, 0.25) is 0 Å². The van der Waals surface area contributed by atoms with Crippen molar-refractivity contribution in [2.75, 3.05) is 0 Å². The number of para-hydroxylation sites is 5. The summed E-state index contributed by atoms with van der Waals surface area (Å²) in [6.45, 7) is 0.136. The van der Waals surface area contributed by atoms with Crippen LogP contribution in [0.4, 0.5) is 0 Å². The van der Waals surface area contributed by atoms with Crippen molar-refractivity contribution in [1.29, 1.82) is 0 Å². The van der Waals surface area contributed by atoms with Gasteiger partial charge < -0.3 is 18.4 Å². The zero-order valence-corrected chi connectivity index (χ0v) is 28.8. The molecule has 248 valence electrons. The van der Waals surface area contributed by atoms with Crippen LogP contribution in [0.5, 0.6) is 5.75 Å². The predicted octanol–water partition coefficient (Wildman–Crippen LogP) is 10.9. The lowest BCUT2D eigenvalue weighted by Gasteiger charge is -2.42. The number of hydrogen-bond acceptors (Lipinski definition) is 2. The van der Waals surface area contributed by atoms with Crippen LogP contribution in [0.15, 0.2) is 168 Å². The van der Waals surface area contributed by atoms with Crippen molar-refractivity contribution in [3.05, 3.63) is 174 Å². The zero-order valence-electron chi connectivity index (χ0n) is 28.8. The van der Waals surface area contributed by atoms with Crippen molar-refractivity contribution < 1.29 is 9.47 Å². The molecule has 0 fully saturated rings. The summed E-state index contributed by atoms with van der Waals surface area (Å²) in [5.74, 6) is 3.01. The maximum absolute atomic E-state index is 7.10. The van der Waals surface area contributed by atoms with E-state index in [2.05, 4.69) is 155 Å². The Kier molecular flexibility index (Phi) is 5.37. The maximum Gasteiger partial charge on any atom is 0.255 e. The second-order valence-electron chi connectivity index (χ2n) is 15.0. The molecule has 1 unspecified atom stereocenters. The fourth-order valence-corrected chi connectivity index (χ4v) is 10.3. The van der Waals surface area contributed by atoms with E-state index in [0.717, 1.165) is 42.2 Å². The lowest BCUT2D eigenvalue weighted by atomic mass is 9.32. The maximum atomic E-state index is 7.10. The molecule has 13 rings (SSSR count). The Hall–Kier alpha value is -6.46. The van der Waals surface area contributed by atoms with Gasteiger partial charge in [0, 0.05) is 56.4 Å². The fraction of sp³-hybridized carbons (Fsp3) is 0.0833. The molecule has 0 radical (unpaired) electrons. The summed E-state index contributed by atoms with van der Waals surface area (Å²) in [6, 6.07) is 46.5. The average molecular weight is 679 g/mol. The van der Waals surface area contributed by atoms with Crippen molar-refractivity contribution in [1.82, 2.24) is 8.97 Å². The van der Waals surface area contributed by atoms with Crippen LogP contribution in [0.25, 0.3) is 71.2 Å². The Labute approximate surface area is 305 Å². The molecule has 6 aromatic carbocycles. The summed E-state index contributed by atoms with van der Waals surface area (Å²) < 4.78 is 19.1. The minimum atomic E-state index is -0.118. The van der Waals surface area contributed by atoms with Gasteiger partial charge >= 0.3 is 0 Å². The Balaban J connectivity index is 1.21. The molecule has 1 atom stereocenters. The number of hydrogen-bond donors (Lipinski definition) is 0. The van der Waals surface area contributed by atoms with Crippen molar-refractivity contribution in [2.45, 2.75) is 25.4 Å². The molecule has 0 saturated heterocycles. The fourth-order valence-electron chi connectivity index (χ4n) is 10.3. The average Bonchev–Trinajstić information content (AvgIpc) is 3.85. The van der Waals surface area contributed by atoms with Gasteiger partial charge in [-0.2, -0.15) is 0 Å². The topological polar surface area (TPSA) is 27.8 Å². The highest BCUT2D eigenvalue weighted by Crippen LogP contribution is 2.51. The SMILES string of the molecule is C1=CC2=C(CC1)OC1CC(c3c4c5ccccc5n(-c5ccccc5)c4cc4c5cccc6c7ccccc7n(c34)c65)=CC3=C1B2c1ccccc1O3. The van der Waals surface area contributed by atoms with Crippen LogP contribution >= 0.6 is 0 Å². The van der Waals surface area contributed by atoms with E-state index in [-0.39, 0.29) is 12.8 Å². The highest BCUT2D eigenvalue weighted by atomic mass is 16.5. The van der Waals surface area contributed by atoms with E-state index >= 15 is 0 Å². The van der Waals surface area contributed by atoms with Gasteiger partial charge in [0.15, 0.2) is 0 Å². The van der Waals surface area contributed by atoms with E-state index in [1.54, 1.807) is 0 Å². The van der Waals surface area contributed by atoms with Crippen molar-refractivity contribution in [2.24, 2.45) is 0 Å². The molecule has 0 bridgehead atoms. The summed E-state index contributed by atoms with van der Waals surface area (Å²) in [5, 5.41) is 7.62. The summed E-state index contributed by atoms with van der Waals surface area (Å²) >= 11 is 0. The third kappa shape index (κ3) is 3.57. The van der Waals surface area contributed by atoms with Gasteiger partial charge in [0.2, 0.25) is 0 Å². The normalized spacial score (nSPS) is 17.9. The minimum absolute atomic E-state index is 0.118. The Morgan fingerprint density at radius 1 is 0.660 bits per heavy atom. The molecule has 0 N–H and O–H groups in total. The van der Waals surface area contributed by atoms with E-state index < -0.39 is 0 Å². The standard InChI is InChI=1S/C48H31BN2O2/c1-2-13-29(14-3-1)50-38-22-9-5-16-33(38)45-39(50)27-34-32-18-12-17-31-30-15-4-8-21-37(30)51(47(31)32)48(34)44(45)28-25-42-46-43(26-28)53-41-24-11-7-20-36(41)49(46)35-19-6-10-23-40(35)52-42/h1-10,12-23,25,27,43H,11,24,26H2. The molecule has 5 heteroatoms. The lowest BCUT2D eigenvalue weighted by Crippen LogP contribution is -2.49. The van der Waals surface area contributed by atoms with Gasteiger partial charge in [-0.15, -0.1) is 0 Å². The number of fused-ring (bicyclic) bond motifs is 12. The smallest absolute Gasteiger partial charge is 0.255 e. The van der Waals surface area contributed by atoms with Crippen molar-refractivity contribution in [3.8, 4) is 11.4 Å². The molecule has 3 aromatic heterocycles. The molecule has 0 amide bonds. The van der Waals surface area contributed by atoms with E-state index in [4.69, 9.17) is 9.47 Å². The monoisotopic (exact) mass is 678 g/mol. The summed E-state index contributed by atoms with van der Waals surface area (Å²) in [7, 11) is 0. The largest absolute Gasteiger partial charge is 0.491 e. The van der Waals surface area contributed by atoms with Gasteiger partial charge in [-0.1, -0.05) is 103 Å². The highest BCUT2D eigenvalue weighted by molar-refractivity contribution is 6.88. The molecule has 2 aliphatic carbocycles. The molecule has 0 spiro atoms. The second-order valence-corrected chi connectivity index (χ2v) is 15.0. The molecule has 4 aliphatic rings. The molecule has 2 aliphatic heterocycles. The summed E-state index contributed by atoms with van der Waals surface area (Å²) in [6.07, 6.45) is 9.55. The first-order chi connectivity index (χ1) is 26.3. The van der Waals surface area contributed by atoms with Gasteiger partial charge in [-0.25, -0.2) is 0 Å². The van der Waals surface area contributed by atoms with E-state index in [0.29, 0.717) is 0 Å². The summed E-state index contributed by atoms with van der Waals surface area (Å²) in [5.41, 5.74) is 13.6. The van der Waals surface area contributed by atoms with Crippen LogP contribution in [0.3, 0.4) is 0 Å². The van der Waals surface area contributed by atoms with E-state index in [9.17, 15) is 0 Å². The van der Waals surface area contributed by atoms with Gasteiger partial charge in [0.1, 0.15) is 17.6 Å². The molecule has 0 saturated carbocycles. The van der Waals surface area contributed by atoms with Gasteiger partial charge in [0.25, 0.3) is 6.71 Å². The lowest BCUT2D eigenvalue weighted by molar-refractivity contribution is 0.136. The third-order valence-electron chi connectivity index (χ3n) is 12.3. The number of rotatable bonds is 2. The van der Waals surface area contributed by atoms with Crippen molar-refractivity contribution >= 4 is 77.6 Å². The number of nitrogens with zero attached hydrogens (tertiary/aromatic N) is 2. The number of allylic oxidation sites excluding steroid dienone is 5. The first-order valence-electron chi connectivity index (χ1n) is 18.8. The Morgan fingerprint density at radius 2 is 1.42 bits per heavy atom. The quantitative estimate of drug-likeness (QED) is 0.170. The van der Waals surface area contributed by atoms with Crippen LogP contribution < -0.4 is 10.2 Å². The van der Waals surface area contributed by atoms with Crippen LogP contribution in [0.1, 0.15) is 24.8 Å². The molecule has 4 nitrogen and oxygen atoms in total. The van der Waals surface area contributed by atoms with Gasteiger partial charge in [0.05, 0.1) is 33.3 Å². The highest BCUT2D eigenvalue weighted by Gasteiger charge is 2.46. The Morgan fingerprint density at radius 3 is 2.32 bits per heavy atom. The number of benzene rings is 6. The first-order valence-corrected chi connectivity index (χ1v) is 18.8. The Bertz CT molecular complexity index is 3210. The predicted molar refractivity (Wildman–Crippen MR) is 218 cm³/mol. The molecule has 9 aromatic rings. The first kappa shape index (κ1) is 28.2. The third-order valence-corrected chi connectivity index (χ3v) is 12.3. The number of ether oxygens (including phenoxy) is 2. The molecule has 53 heavy (non-hydrogen) atoms. The van der Waals surface area contributed by atoms with Crippen LogP contribution in [0, 0.1) is 0 Å². The minimum Gasteiger partial charge on any atom is -0.491 e. The molecule has 5 heterocycles. The summed E-state index contributed by atoms with van der Waals surface area (Å²) in [4.78, 5) is 0. The molecular weight excluding hydrogens is 647 g/mol. The van der Waals surface area contributed by atoms with E-state index in [1.165, 1.54) is 87.4 Å². The van der Waals surface area contributed by atoms with Gasteiger partial charge in [-0.3, -0.25) is 0 Å². The molecular formula is C48H31BN2O2. The second kappa shape index (κ2) is 10.1. The van der Waals surface area contributed by atoms with Crippen LogP contribution in [-0.2, 0) is 4.74 Å². The van der Waals surface area contributed by atoms with Crippen LogP contribution in [-0.4, -0.2) is 21.8 Å². The van der Waals surface area contributed by atoms with Crippen molar-refractivity contribution in [3.63, 3.8) is 0 Å². The zero-order chi connectivity index (χ0) is 34.4. The number of aromatic nitrogens is 2. The van der Waals surface area contributed by atoms with E-state index in [1.807, 2.05) is 0 Å².